The molecule has 3 heterocycles. The van der Waals surface area contributed by atoms with E-state index in [0.29, 0.717) is 23.6 Å². The van der Waals surface area contributed by atoms with E-state index in [9.17, 15) is 4.39 Å². The zero-order valence-electron chi connectivity index (χ0n) is 18.3. The van der Waals surface area contributed by atoms with E-state index in [0.717, 1.165) is 48.3 Å². The van der Waals surface area contributed by atoms with E-state index in [1.807, 2.05) is 13.0 Å². The number of hydrogen-bond acceptors (Lipinski definition) is 5. The summed E-state index contributed by atoms with van der Waals surface area (Å²) in [6.45, 7) is 6.53. The summed E-state index contributed by atoms with van der Waals surface area (Å²) in [5.74, 6) is 0.130. The molecule has 0 radical (unpaired) electrons. The first-order chi connectivity index (χ1) is 15.6. The third kappa shape index (κ3) is 3.80. The molecule has 0 unspecified atom stereocenters. The third-order valence-electron chi connectivity index (χ3n) is 5.99. The number of ether oxygens (including phenoxy) is 1. The molecule has 2 aromatic carbocycles. The molecule has 2 aromatic heterocycles. The number of halogens is 1. The highest BCUT2D eigenvalue weighted by atomic mass is 19.1. The number of hydrogen-bond donors (Lipinski definition) is 1. The Morgan fingerprint density at radius 1 is 1.06 bits per heavy atom. The van der Waals surface area contributed by atoms with Gasteiger partial charge in [-0.05, 0) is 44.3 Å². The molecule has 1 fully saturated rings. The second-order valence-corrected chi connectivity index (χ2v) is 8.07. The Morgan fingerprint density at radius 2 is 1.84 bits per heavy atom. The van der Waals surface area contributed by atoms with Crippen LogP contribution in [0.25, 0.3) is 33.4 Å². The van der Waals surface area contributed by atoms with E-state index < -0.39 is 0 Å². The lowest BCUT2D eigenvalue weighted by molar-refractivity contribution is 0.313. The van der Waals surface area contributed by atoms with Crippen LogP contribution >= 0.6 is 0 Å². The van der Waals surface area contributed by atoms with Crippen molar-refractivity contribution in [3.63, 3.8) is 0 Å². The number of aromatic amines is 1. The molecule has 1 saturated heterocycles. The quantitative estimate of drug-likeness (QED) is 0.501. The normalized spacial score (nSPS) is 14.8. The molecule has 1 aliphatic rings. The maximum Gasteiger partial charge on any atom is 0.136 e. The lowest BCUT2D eigenvalue weighted by atomic mass is 10.0. The van der Waals surface area contributed by atoms with Crippen LogP contribution in [0.2, 0.25) is 0 Å². The fourth-order valence-corrected chi connectivity index (χ4v) is 4.20. The molecule has 4 aromatic rings. The molecule has 0 bridgehead atoms. The van der Waals surface area contributed by atoms with Crippen LogP contribution in [0.1, 0.15) is 6.92 Å². The van der Waals surface area contributed by atoms with Gasteiger partial charge in [-0.1, -0.05) is 18.2 Å². The van der Waals surface area contributed by atoms with Crippen molar-refractivity contribution in [2.45, 2.75) is 6.92 Å². The number of benzene rings is 2. The van der Waals surface area contributed by atoms with Crippen molar-refractivity contribution in [1.82, 2.24) is 20.1 Å². The molecule has 0 spiro atoms. The van der Waals surface area contributed by atoms with Crippen LogP contribution in [0.15, 0.2) is 54.7 Å². The van der Waals surface area contributed by atoms with Crippen molar-refractivity contribution < 1.29 is 9.13 Å². The van der Waals surface area contributed by atoms with Crippen LogP contribution in [-0.4, -0.2) is 59.9 Å². The molecule has 7 heteroatoms. The Morgan fingerprint density at radius 3 is 2.59 bits per heavy atom. The van der Waals surface area contributed by atoms with Crippen molar-refractivity contribution in [2.24, 2.45) is 0 Å². The molecule has 32 heavy (non-hydrogen) atoms. The second kappa shape index (κ2) is 8.59. The number of fused-ring (bicyclic) bond motifs is 1. The van der Waals surface area contributed by atoms with Gasteiger partial charge in [-0.15, -0.1) is 0 Å². The standard InChI is InChI=1S/C25H26FN5O/c1-3-32-23-6-4-5-20(26)24(23)21-15-19-22(16-27-21)28-29-25(19)17-7-9-18(10-8-17)31-13-11-30(2)12-14-31/h4-10,15-16H,3,11-14H2,1-2H3,(H,28,29). The van der Waals surface area contributed by atoms with E-state index in [-0.39, 0.29) is 5.82 Å². The highest BCUT2D eigenvalue weighted by molar-refractivity contribution is 5.95. The predicted octanol–water partition coefficient (Wildman–Crippen LogP) is 4.58. The van der Waals surface area contributed by atoms with Crippen molar-refractivity contribution in [3.05, 3.63) is 60.5 Å². The van der Waals surface area contributed by atoms with Gasteiger partial charge in [-0.2, -0.15) is 5.10 Å². The smallest absolute Gasteiger partial charge is 0.136 e. The summed E-state index contributed by atoms with van der Waals surface area (Å²) in [6, 6.07) is 15.2. The Kier molecular flexibility index (Phi) is 5.49. The summed E-state index contributed by atoms with van der Waals surface area (Å²) in [5.41, 5.74) is 4.75. The molecule has 164 valence electrons. The van der Waals surface area contributed by atoms with Crippen LogP contribution in [-0.2, 0) is 0 Å². The summed E-state index contributed by atoms with van der Waals surface area (Å²) in [5, 5.41) is 8.47. The molecule has 0 atom stereocenters. The highest BCUT2D eigenvalue weighted by Crippen LogP contribution is 2.35. The molecular weight excluding hydrogens is 405 g/mol. The van der Waals surface area contributed by atoms with E-state index in [1.54, 1.807) is 18.3 Å². The lowest BCUT2D eigenvalue weighted by Gasteiger charge is -2.34. The predicted molar refractivity (Wildman–Crippen MR) is 126 cm³/mol. The molecule has 1 N–H and O–H groups in total. The Labute approximate surface area is 186 Å². The molecule has 0 amide bonds. The topological polar surface area (TPSA) is 57.3 Å². The minimum Gasteiger partial charge on any atom is -0.493 e. The van der Waals surface area contributed by atoms with Gasteiger partial charge in [-0.25, -0.2) is 4.39 Å². The maximum atomic E-state index is 14.7. The van der Waals surface area contributed by atoms with Crippen molar-refractivity contribution >= 4 is 16.6 Å². The number of aromatic nitrogens is 3. The summed E-state index contributed by atoms with van der Waals surface area (Å²) >= 11 is 0. The Hall–Kier alpha value is -3.45. The van der Waals surface area contributed by atoms with Gasteiger partial charge in [0.25, 0.3) is 0 Å². The number of rotatable bonds is 5. The van der Waals surface area contributed by atoms with Crippen LogP contribution < -0.4 is 9.64 Å². The third-order valence-corrected chi connectivity index (χ3v) is 5.99. The van der Waals surface area contributed by atoms with Gasteiger partial charge in [0, 0.05) is 42.8 Å². The van der Waals surface area contributed by atoms with Crippen molar-refractivity contribution in [1.29, 1.82) is 0 Å². The zero-order chi connectivity index (χ0) is 22.1. The molecular formula is C25H26FN5O. The maximum absolute atomic E-state index is 14.7. The van der Waals surface area contributed by atoms with Gasteiger partial charge in [0.05, 0.1) is 29.6 Å². The van der Waals surface area contributed by atoms with Gasteiger partial charge in [0.1, 0.15) is 17.3 Å². The highest BCUT2D eigenvalue weighted by Gasteiger charge is 2.18. The molecule has 0 aliphatic carbocycles. The number of anilines is 1. The fourth-order valence-electron chi connectivity index (χ4n) is 4.20. The monoisotopic (exact) mass is 431 g/mol. The molecule has 6 nitrogen and oxygen atoms in total. The number of H-pyrrole nitrogens is 1. The summed E-state index contributed by atoms with van der Waals surface area (Å²) in [6.07, 6.45) is 1.70. The van der Waals surface area contributed by atoms with Gasteiger partial charge in [0.2, 0.25) is 0 Å². The Balaban J connectivity index is 1.50. The minimum atomic E-state index is -0.357. The number of nitrogens with zero attached hydrogens (tertiary/aromatic N) is 4. The minimum absolute atomic E-state index is 0.357. The number of pyridine rings is 1. The van der Waals surface area contributed by atoms with E-state index in [4.69, 9.17) is 4.74 Å². The van der Waals surface area contributed by atoms with Crippen LogP contribution in [0, 0.1) is 5.82 Å². The first-order valence-electron chi connectivity index (χ1n) is 10.9. The molecule has 5 rings (SSSR count). The second-order valence-electron chi connectivity index (χ2n) is 8.07. The number of piperazine rings is 1. The fraction of sp³-hybridized carbons (Fsp3) is 0.280. The van der Waals surface area contributed by atoms with Crippen LogP contribution in [0.4, 0.5) is 10.1 Å². The van der Waals surface area contributed by atoms with Gasteiger partial charge < -0.3 is 14.5 Å². The van der Waals surface area contributed by atoms with E-state index in [1.165, 1.54) is 11.8 Å². The largest absolute Gasteiger partial charge is 0.493 e. The molecule has 0 saturated carbocycles. The lowest BCUT2D eigenvalue weighted by Crippen LogP contribution is -2.44. The van der Waals surface area contributed by atoms with Crippen LogP contribution in [0.3, 0.4) is 0 Å². The summed E-state index contributed by atoms with van der Waals surface area (Å²) in [4.78, 5) is 9.22. The number of likely N-dealkylation sites (N-methyl/N-ethyl adjacent to an activating group) is 1. The van der Waals surface area contributed by atoms with Gasteiger partial charge >= 0.3 is 0 Å². The summed E-state index contributed by atoms with van der Waals surface area (Å²) in [7, 11) is 2.16. The summed E-state index contributed by atoms with van der Waals surface area (Å²) < 4.78 is 20.4. The van der Waals surface area contributed by atoms with Crippen molar-refractivity contribution in [2.75, 3.05) is 44.7 Å². The molecule has 1 aliphatic heterocycles. The first-order valence-corrected chi connectivity index (χ1v) is 10.9. The van der Waals surface area contributed by atoms with Gasteiger partial charge in [0.15, 0.2) is 0 Å². The number of nitrogens with one attached hydrogen (secondary N) is 1. The SMILES string of the molecule is CCOc1cccc(F)c1-c1cc2c(-c3ccc(N4CCN(C)CC4)cc3)n[nH]c2cn1. The van der Waals surface area contributed by atoms with Gasteiger partial charge in [-0.3, -0.25) is 10.1 Å². The average Bonchev–Trinajstić information content (AvgIpc) is 3.23. The Bertz CT molecular complexity index is 1230. The van der Waals surface area contributed by atoms with E-state index in [2.05, 4.69) is 56.3 Å². The average molecular weight is 432 g/mol. The van der Waals surface area contributed by atoms with Crippen LogP contribution in [0.5, 0.6) is 5.75 Å². The van der Waals surface area contributed by atoms with E-state index >= 15 is 0 Å². The zero-order valence-corrected chi connectivity index (χ0v) is 18.3. The first kappa shape index (κ1) is 20.5. The van der Waals surface area contributed by atoms with Crippen molar-refractivity contribution in [3.8, 4) is 28.3 Å².